The van der Waals surface area contributed by atoms with E-state index in [-0.39, 0.29) is 11.1 Å². The summed E-state index contributed by atoms with van der Waals surface area (Å²) in [5.74, 6) is 0. The van der Waals surface area contributed by atoms with E-state index in [2.05, 4.69) is 32.0 Å². The molecule has 3 heteroatoms. The summed E-state index contributed by atoms with van der Waals surface area (Å²) in [6.07, 6.45) is 3.81. The molecule has 0 aromatic rings. The van der Waals surface area contributed by atoms with E-state index in [1.807, 2.05) is 0 Å². The Morgan fingerprint density at radius 3 is 1.75 bits per heavy atom. The fourth-order valence-corrected chi connectivity index (χ4v) is 3.84. The van der Waals surface area contributed by atoms with Crippen molar-refractivity contribution in [1.29, 1.82) is 0 Å². The first-order valence-electron chi connectivity index (χ1n) is 4.49. The number of piperidine rings is 1. The zero-order valence-corrected chi connectivity index (χ0v) is 9.93. The monoisotopic (exact) mass is 207 g/mol. The first-order valence-corrected chi connectivity index (χ1v) is 6.09. The molecule has 0 aromatic carbocycles. The van der Waals surface area contributed by atoms with Crippen LogP contribution in [0.5, 0.6) is 0 Å². The van der Waals surface area contributed by atoms with Gasteiger partial charge in [-0.1, -0.05) is 0 Å². The molecule has 1 rings (SSSR count). The van der Waals surface area contributed by atoms with E-state index < -0.39 is 0 Å². The third kappa shape index (κ3) is 1.91. The molecule has 1 heterocycles. The van der Waals surface area contributed by atoms with E-state index in [0.29, 0.717) is 0 Å². The molecule has 0 spiro atoms. The van der Waals surface area contributed by atoms with Gasteiger partial charge in [0.15, 0.2) is 0 Å². The average molecular weight is 208 g/mol. The summed E-state index contributed by atoms with van der Waals surface area (Å²) in [4.78, 5) is 0. The quantitative estimate of drug-likeness (QED) is 0.602. The minimum Gasteiger partial charge on any atom is -0.226 e. The molecule has 0 aliphatic carbocycles. The molecule has 1 nitrogen and oxygen atoms in total. The Morgan fingerprint density at radius 1 is 1.08 bits per heavy atom. The standard InChI is InChI=1S/C9H18ClNS/c1-8(2)6-5-7-9(3,4)11(8)12-10/h5-7H2,1-4H3. The molecular weight excluding hydrogens is 190 g/mol. The second-order valence-electron chi connectivity index (χ2n) is 4.84. The molecule has 0 amide bonds. The maximum absolute atomic E-state index is 5.89. The Balaban J connectivity index is 2.81. The van der Waals surface area contributed by atoms with Crippen molar-refractivity contribution in [3.63, 3.8) is 0 Å². The predicted molar refractivity (Wildman–Crippen MR) is 57.3 cm³/mol. The van der Waals surface area contributed by atoms with Crippen LogP contribution in [0.1, 0.15) is 47.0 Å². The lowest BCUT2D eigenvalue weighted by molar-refractivity contribution is 0.0692. The van der Waals surface area contributed by atoms with Crippen LogP contribution in [0.3, 0.4) is 0 Å². The normalized spacial score (nSPS) is 28.8. The molecule has 1 saturated heterocycles. The molecule has 0 unspecified atom stereocenters. The van der Waals surface area contributed by atoms with E-state index in [0.717, 1.165) is 0 Å². The Morgan fingerprint density at radius 2 is 1.50 bits per heavy atom. The van der Waals surface area contributed by atoms with E-state index >= 15 is 0 Å². The molecule has 72 valence electrons. The molecule has 0 saturated carbocycles. The van der Waals surface area contributed by atoms with Crippen LogP contribution >= 0.6 is 21.8 Å². The average Bonchev–Trinajstić information content (AvgIpc) is 1.83. The van der Waals surface area contributed by atoms with E-state index in [9.17, 15) is 0 Å². The van der Waals surface area contributed by atoms with Crippen molar-refractivity contribution < 1.29 is 0 Å². The van der Waals surface area contributed by atoms with Gasteiger partial charge in [0.1, 0.15) is 0 Å². The molecule has 0 N–H and O–H groups in total. The van der Waals surface area contributed by atoms with Gasteiger partial charge in [0, 0.05) is 22.2 Å². The molecule has 1 aliphatic heterocycles. The lowest BCUT2D eigenvalue weighted by atomic mass is 9.83. The van der Waals surface area contributed by atoms with E-state index in [1.54, 1.807) is 0 Å². The predicted octanol–water partition coefficient (Wildman–Crippen LogP) is 3.83. The summed E-state index contributed by atoms with van der Waals surface area (Å²) in [7, 11) is 5.89. The van der Waals surface area contributed by atoms with Crippen molar-refractivity contribution in [3.8, 4) is 0 Å². The number of hydrogen-bond donors (Lipinski definition) is 0. The maximum atomic E-state index is 5.89. The van der Waals surface area contributed by atoms with Crippen LogP contribution in [0, 0.1) is 0 Å². The van der Waals surface area contributed by atoms with Gasteiger partial charge in [-0.05, 0) is 57.6 Å². The summed E-state index contributed by atoms with van der Waals surface area (Å²) in [6.45, 7) is 9.07. The first kappa shape index (κ1) is 10.7. The molecule has 1 aliphatic rings. The van der Waals surface area contributed by atoms with Gasteiger partial charge in [0.05, 0.1) is 0 Å². The van der Waals surface area contributed by atoms with Gasteiger partial charge in [-0.2, -0.15) is 0 Å². The number of rotatable bonds is 1. The summed E-state index contributed by atoms with van der Waals surface area (Å²) >= 11 is 1.37. The SMILES string of the molecule is CC1(C)CCCC(C)(C)N1SCl. The molecule has 0 radical (unpaired) electrons. The highest BCUT2D eigenvalue weighted by Crippen LogP contribution is 2.43. The lowest BCUT2D eigenvalue weighted by Crippen LogP contribution is -2.54. The fourth-order valence-electron chi connectivity index (χ4n) is 2.16. The largest absolute Gasteiger partial charge is 0.226 e. The summed E-state index contributed by atoms with van der Waals surface area (Å²) in [6, 6.07) is 0. The van der Waals surface area contributed by atoms with E-state index in [1.165, 1.54) is 30.4 Å². The number of hydrogen-bond acceptors (Lipinski definition) is 2. The van der Waals surface area contributed by atoms with Crippen LogP contribution in [0.2, 0.25) is 0 Å². The van der Waals surface area contributed by atoms with Crippen LogP contribution < -0.4 is 0 Å². The highest BCUT2D eigenvalue weighted by molar-refractivity contribution is 8.19. The van der Waals surface area contributed by atoms with E-state index in [4.69, 9.17) is 10.7 Å². The van der Waals surface area contributed by atoms with Gasteiger partial charge in [-0.25, -0.2) is 4.31 Å². The van der Waals surface area contributed by atoms with Crippen molar-refractivity contribution in [3.05, 3.63) is 0 Å². The third-order valence-corrected chi connectivity index (χ3v) is 4.29. The molecule has 1 fully saturated rings. The summed E-state index contributed by atoms with van der Waals surface area (Å²) < 4.78 is 2.32. The van der Waals surface area contributed by atoms with Gasteiger partial charge in [-0.15, -0.1) is 0 Å². The Kier molecular flexibility index (Phi) is 3.02. The zero-order chi connectivity index (χ0) is 9.41. The van der Waals surface area contributed by atoms with Crippen molar-refractivity contribution in [2.24, 2.45) is 0 Å². The fraction of sp³-hybridized carbons (Fsp3) is 1.00. The Bertz CT molecular complexity index is 152. The van der Waals surface area contributed by atoms with Gasteiger partial charge in [0.2, 0.25) is 0 Å². The van der Waals surface area contributed by atoms with Gasteiger partial charge in [-0.3, -0.25) is 0 Å². The van der Waals surface area contributed by atoms with Crippen molar-refractivity contribution in [2.45, 2.75) is 58.0 Å². The maximum Gasteiger partial charge on any atom is 0.0317 e. The van der Waals surface area contributed by atoms with Crippen LogP contribution in [-0.4, -0.2) is 15.4 Å². The van der Waals surface area contributed by atoms with Crippen molar-refractivity contribution in [1.82, 2.24) is 4.31 Å². The number of nitrogens with zero attached hydrogens (tertiary/aromatic N) is 1. The molecule has 0 aromatic heterocycles. The first-order chi connectivity index (χ1) is 5.40. The lowest BCUT2D eigenvalue weighted by Gasteiger charge is -2.50. The van der Waals surface area contributed by atoms with Crippen LogP contribution in [-0.2, 0) is 0 Å². The third-order valence-electron chi connectivity index (χ3n) is 2.75. The minimum atomic E-state index is 0.244. The second kappa shape index (κ2) is 3.39. The van der Waals surface area contributed by atoms with Gasteiger partial charge < -0.3 is 0 Å². The van der Waals surface area contributed by atoms with Crippen LogP contribution in [0.25, 0.3) is 0 Å². The smallest absolute Gasteiger partial charge is 0.0317 e. The van der Waals surface area contributed by atoms with Crippen molar-refractivity contribution >= 4 is 21.8 Å². The topological polar surface area (TPSA) is 3.24 Å². The summed E-state index contributed by atoms with van der Waals surface area (Å²) in [5.41, 5.74) is 0.488. The number of halogens is 1. The van der Waals surface area contributed by atoms with Crippen LogP contribution in [0.15, 0.2) is 0 Å². The van der Waals surface area contributed by atoms with Gasteiger partial charge >= 0.3 is 0 Å². The van der Waals surface area contributed by atoms with Crippen molar-refractivity contribution in [2.75, 3.05) is 0 Å². The molecule has 12 heavy (non-hydrogen) atoms. The molecule has 0 bridgehead atoms. The summed E-state index contributed by atoms with van der Waals surface area (Å²) in [5, 5.41) is 0. The highest BCUT2D eigenvalue weighted by atomic mass is 35.7. The Hall–Kier alpha value is 0.600. The molecule has 0 atom stereocenters. The molecular formula is C9H18ClNS. The second-order valence-corrected chi connectivity index (χ2v) is 5.76. The van der Waals surface area contributed by atoms with Crippen LogP contribution in [0.4, 0.5) is 0 Å². The minimum absolute atomic E-state index is 0.244. The Labute approximate surface area is 84.5 Å². The highest BCUT2D eigenvalue weighted by Gasteiger charge is 2.41. The zero-order valence-electron chi connectivity index (χ0n) is 8.35. The van der Waals surface area contributed by atoms with Gasteiger partial charge in [0.25, 0.3) is 0 Å².